The Morgan fingerprint density at radius 3 is 2.39 bits per heavy atom. The van der Waals surface area contributed by atoms with Crippen molar-refractivity contribution < 1.29 is 17.9 Å². The molecule has 4 rings (SSSR count). The van der Waals surface area contributed by atoms with Crippen LogP contribution in [0.2, 0.25) is 0 Å². The first-order chi connectivity index (χ1) is 15.9. The fraction of sp³-hybridized carbons (Fsp3) is 0.269. The summed E-state index contributed by atoms with van der Waals surface area (Å²) in [7, 11) is -3.73. The van der Waals surface area contributed by atoms with E-state index in [0.29, 0.717) is 23.4 Å². The number of rotatable bonds is 7. The SMILES string of the molecule is CCC(NC(=O)C1CN(S(=O)(=O)Cc2ccccc2)c2ccccc2O1)c1ccc(C)cc1. The predicted molar refractivity (Wildman–Crippen MR) is 130 cm³/mol. The van der Waals surface area contributed by atoms with Crippen LogP contribution in [0.1, 0.15) is 36.1 Å². The van der Waals surface area contributed by atoms with E-state index in [1.807, 2.05) is 56.3 Å². The van der Waals surface area contributed by atoms with E-state index in [0.717, 1.165) is 11.1 Å². The Hall–Kier alpha value is -3.32. The van der Waals surface area contributed by atoms with E-state index >= 15 is 0 Å². The number of para-hydroxylation sites is 2. The number of carbonyl (C=O) groups is 1. The molecule has 1 heterocycles. The third-order valence-corrected chi connectivity index (χ3v) is 7.47. The van der Waals surface area contributed by atoms with E-state index in [1.165, 1.54) is 4.31 Å². The van der Waals surface area contributed by atoms with Gasteiger partial charge in [0.2, 0.25) is 10.0 Å². The van der Waals surface area contributed by atoms with Gasteiger partial charge in [0.05, 0.1) is 24.0 Å². The highest BCUT2D eigenvalue weighted by molar-refractivity contribution is 7.92. The molecule has 33 heavy (non-hydrogen) atoms. The second-order valence-corrected chi connectivity index (χ2v) is 10.1. The van der Waals surface area contributed by atoms with Gasteiger partial charge in [-0.15, -0.1) is 0 Å². The molecule has 3 aromatic rings. The van der Waals surface area contributed by atoms with E-state index in [1.54, 1.807) is 36.4 Å². The maximum atomic E-state index is 13.4. The van der Waals surface area contributed by atoms with Crippen LogP contribution in [0.15, 0.2) is 78.9 Å². The molecule has 7 heteroatoms. The molecule has 0 saturated heterocycles. The lowest BCUT2D eigenvalue weighted by Gasteiger charge is -2.35. The van der Waals surface area contributed by atoms with Gasteiger partial charge in [0.25, 0.3) is 5.91 Å². The molecule has 1 aliphatic heterocycles. The molecule has 1 amide bonds. The van der Waals surface area contributed by atoms with Gasteiger partial charge in [-0.3, -0.25) is 9.10 Å². The van der Waals surface area contributed by atoms with E-state index < -0.39 is 16.1 Å². The lowest BCUT2D eigenvalue weighted by atomic mass is 10.0. The molecule has 3 aromatic carbocycles. The molecule has 0 fully saturated rings. The highest BCUT2D eigenvalue weighted by atomic mass is 32.2. The quantitative estimate of drug-likeness (QED) is 0.564. The fourth-order valence-electron chi connectivity index (χ4n) is 3.95. The number of aryl methyl sites for hydroxylation is 1. The van der Waals surface area contributed by atoms with Crippen molar-refractivity contribution in [3.8, 4) is 5.75 Å². The first-order valence-electron chi connectivity index (χ1n) is 11.0. The number of nitrogens with one attached hydrogen (secondary N) is 1. The Morgan fingerprint density at radius 2 is 1.70 bits per heavy atom. The Kier molecular flexibility index (Phi) is 6.70. The van der Waals surface area contributed by atoms with E-state index in [-0.39, 0.29) is 24.2 Å². The first-order valence-corrected chi connectivity index (χ1v) is 12.7. The lowest BCUT2D eigenvalue weighted by Crippen LogP contribution is -2.51. The van der Waals surface area contributed by atoms with Gasteiger partial charge in [-0.05, 0) is 36.6 Å². The Morgan fingerprint density at radius 1 is 1.03 bits per heavy atom. The van der Waals surface area contributed by atoms with E-state index in [4.69, 9.17) is 4.74 Å². The molecular weight excluding hydrogens is 436 g/mol. The first kappa shape index (κ1) is 22.9. The molecule has 0 bridgehead atoms. The average Bonchev–Trinajstić information content (AvgIpc) is 2.82. The average molecular weight is 465 g/mol. The largest absolute Gasteiger partial charge is 0.476 e. The number of amides is 1. The molecule has 0 spiro atoms. The Balaban J connectivity index is 1.57. The summed E-state index contributed by atoms with van der Waals surface area (Å²) in [4.78, 5) is 13.2. The van der Waals surface area contributed by atoms with Gasteiger partial charge in [0.15, 0.2) is 6.10 Å². The van der Waals surface area contributed by atoms with Crippen molar-refractivity contribution in [1.82, 2.24) is 5.32 Å². The zero-order chi connectivity index (χ0) is 23.4. The van der Waals surface area contributed by atoms with Crippen molar-refractivity contribution in [2.75, 3.05) is 10.8 Å². The van der Waals surface area contributed by atoms with Crippen LogP contribution in [0.3, 0.4) is 0 Å². The van der Waals surface area contributed by atoms with Crippen LogP contribution in [0.25, 0.3) is 0 Å². The summed E-state index contributed by atoms with van der Waals surface area (Å²) >= 11 is 0. The summed E-state index contributed by atoms with van der Waals surface area (Å²) in [5, 5.41) is 3.04. The number of hydrogen-bond donors (Lipinski definition) is 1. The number of ether oxygens (including phenoxy) is 1. The molecule has 0 aromatic heterocycles. The third kappa shape index (κ3) is 5.20. The molecular formula is C26H28N2O4S. The number of carbonyl (C=O) groups excluding carboxylic acids is 1. The maximum absolute atomic E-state index is 13.4. The van der Waals surface area contributed by atoms with Crippen molar-refractivity contribution in [2.45, 2.75) is 38.2 Å². The number of anilines is 1. The molecule has 6 nitrogen and oxygen atoms in total. The van der Waals surface area contributed by atoms with Crippen LogP contribution < -0.4 is 14.4 Å². The monoisotopic (exact) mass is 464 g/mol. The molecule has 0 saturated carbocycles. The van der Waals surface area contributed by atoms with Gasteiger partial charge in [0.1, 0.15) is 5.75 Å². The van der Waals surface area contributed by atoms with Gasteiger partial charge >= 0.3 is 0 Å². The Labute approximate surface area is 195 Å². The molecule has 1 N–H and O–H groups in total. The van der Waals surface area contributed by atoms with Gasteiger partial charge in [0, 0.05) is 0 Å². The van der Waals surface area contributed by atoms with Crippen molar-refractivity contribution >= 4 is 21.6 Å². The second kappa shape index (κ2) is 9.67. The zero-order valence-electron chi connectivity index (χ0n) is 18.8. The Bertz CT molecular complexity index is 1210. The van der Waals surface area contributed by atoms with Gasteiger partial charge < -0.3 is 10.1 Å². The summed E-state index contributed by atoms with van der Waals surface area (Å²) in [6.45, 7) is 3.93. The van der Waals surface area contributed by atoms with Gasteiger partial charge in [-0.1, -0.05) is 79.2 Å². The molecule has 2 unspecified atom stereocenters. The van der Waals surface area contributed by atoms with Crippen molar-refractivity contribution in [1.29, 1.82) is 0 Å². The summed E-state index contributed by atoms with van der Waals surface area (Å²) in [5.74, 6) is -0.113. The number of nitrogens with zero attached hydrogens (tertiary/aromatic N) is 1. The molecule has 2 atom stereocenters. The summed E-state index contributed by atoms with van der Waals surface area (Å²) in [6.07, 6.45) is -0.251. The smallest absolute Gasteiger partial charge is 0.263 e. The number of benzene rings is 3. The van der Waals surface area contributed by atoms with Crippen LogP contribution >= 0.6 is 0 Å². The van der Waals surface area contributed by atoms with Crippen LogP contribution in [0, 0.1) is 6.92 Å². The summed E-state index contributed by atoms with van der Waals surface area (Å²) < 4.78 is 34.0. The molecule has 172 valence electrons. The molecule has 0 aliphatic carbocycles. The van der Waals surface area contributed by atoms with E-state index in [9.17, 15) is 13.2 Å². The lowest BCUT2D eigenvalue weighted by molar-refractivity contribution is -0.128. The fourth-order valence-corrected chi connectivity index (χ4v) is 5.53. The summed E-state index contributed by atoms with van der Waals surface area (Å²) in [6, 6.07) is 23.8. The van der Waals surface area contributed by atoms with Crippen molar-refractivity contribution in [3.63, 3.8) is 0 Å². The standard InChI is InChI=1S/C26H28N2O4S/c1-3-22(21-15-13-19(2)14-16-21)27-26(29)25-17-28(23-11-7-8-12-24(23)32-25)33(30,31)18-20-9-5-4-6-10-20/h4-16,22,25H,3,17-18H2,1-2H3,(H,27,29). The van der Waals surface area contributed by atoms with Crippen LogP contribution in [-0.4, -0.2) is 27.0 Å². The second-order valence-electron chi connectivity index (χ2n) is 8.23. The van der Waals surface area contributed by atoms with Gasteiger partial charge in [-0.2, -0.15) is 0 Å². The van der Waals surface area contributed by atoms with Crippen molar-refractivity contribution in [3.05, 3.63) is 95.6 Å². The number of fused-ring (bicyclic) bond motifs is 1. The van der Waals surface area contributed by atoms with E-state index in [2.05, 4.69) is 5.32 Å². The van der Waals surface area contributed by atoms with Crippen molar-refractivity contribution in [2.24, 2.45) is 0 Å². The maximum Gasteiger partial charge on any atom is 0.263 e. The highest BCUT2D eigenvalue weighted by Crippen LogP contribution is 2.36. The minimum atomic E-state index is -3.73. The van der Waals surface area contributed by atoms with Crippen LogP contribution in [0.5, 0.6) is 5.75 Å². The molecule has 1 aliphatic rings. The number of sulfonamides is 1. The third-order valence-electron chi connectivity index (χ3n) is 5.76. The number of hydrogen-bond acceptors (Lipinski definition) is 4. The topological polar surface area (TPSA) is 75.7 Å². The normalized spacial score (nSPS) is 16.4. The van der Waals surface area contributed by atoms with Crippen LogP contribution in [0.4, 0.5) is 5.69 Å². The molecule has 0 radical (unpaired) electrons. The zero-order valence-corrected chi connectivity index (χ0v) is 19.6. The summed E-state index contributed by atoms with van der Waals surface area (Å²) in [5.41, 5.74) is 3.28. The minimum absolute atomic E-state index is 0.0810. The van der Waals surface area contributed by atoms with Crippen LogP contribution in [-0.2, 0) is 20.6 Å². The highest BCUT2D eigenvalue weighted by Gasteiger charge is 2.37. The van der Waals surface area contributed by atoms with Gasteiger partial charge in [-0.25, -0.2) is 8.42 Å². The predicted octanol–water partition coefficient (Wildman–Crippen LogP) is 4.36. The minimum Gasteiger partial charge on any atom is -0.476 e.